The van der Waals surface area contributed by atoms with Crippen molar-refractivity contribution in [3.63, 3.8) is 0 Å². The van der Waals surface area contributed by atoms with E-state index in [0.29, 0.717) is 0 Å². The van der Waals surface area contributed by atoms with Crippen LogP contribution >= 0.6 is 27.7 Å². The zero-order valence-corrected chi connectivity index (χ0v) is 12.6. The maximum Gasteiger partial charge on any atom is 0.0970 e. The second-order valence-electron chi connectivity index (χ2n) is 4.26. The minimum Gasteiger partial charge on any atom is -0.241 e. The van der Waals surface area contributed by atoms with Gasteiger partial charge in [0.15, 0.2) is 0 Å². The molecule has 0 saturated carbocycles. The molecule has 0 N–H and O–H groups in total. The molecular formula is C16H12BrNS. The lowest BCUT2D eigenvalue weighted by Gasteiger charge is -2.03. The minimum absolute atomic E-state index is 0.954. The summed E-state index contributed by atoms with van der Waals surface area (Å²) in [7, 11) is 0. The number of aromatic nitrogens is 1. The molecule has 3 rings (SSSR count). The summed E-state index contributed by atoms with van der Waals surface area (Å²) in [6, 6.07) is 20.9. The maximum absolute atomic E-state index is 4.67. The topological polar surface area (TPSA) is 12.9 Å². The van der Waals surface area contributed by atoms with Crippen LogP contribution in [0.2, 0.25) is 0 Å². The number of rotatable bonds is 3. The number of pyridine rings is 1. The Morgan fingerprint density at radius 2 is 1.79 bits per heavy atom. The van der Waals surface area contributed by atoms with Gasteiger partial charge in [0, 0.05) is 15.6 Å². The Hall–Kier alpha value is -1.32. The summed E-state index contributed by atoms with van der Waals surface area (Å²) in [6.45, 7) is 0. The fourth-order valence-corrected chi connectivity index (χ4v) is 3.10. The lowest BCUT2D eigenvalue weighted by atomic mass is 10.2. The van der Waals surface area contributed by atoms with Crippen LogP contribution in [0.15, 0.2) is 70.2 Å². The van der Waals surface area contributed by atoms with Crippen molar-refractivity contribution in [1.29, 1.82) is 0 Å². The van der Waals surface area contributed by atoms with E-state index in [0.717, 1.165) is 20.8 Å². The van der Waals surface area contributed by atoms with Gasteiger partial charge in [-0.15, -0.1) is 11.8 Å². The average Bonchev–Trinajstić information content (AvgIpc) is 2.46. The van der Waals surface area contributed by atoms with Crippen LogP contribution in [0.1, 0.15) is 5.56 Å². The molecule has 94 valence electrons. The first-order valence-electron chi connectivity index (χ1n) is 6.04. The highest BCUT2D eigenvalue weighted by molar-refractivity contribution is 9.10. The molecule has 1 heterocycles. The van der Waals surface area contributed by atoms with Gasteiger partial charge in [0.05, 0.1) is 10.5 Å². The lowest BCUT2D eigenvalue weighted by molar-refractivity contribution is 1.18. The molecule has 19 heavy (non-hydrogen) atoms. The van der Waals surface area contributed by atoms with E-state index >= 15 is 0 Å². The van der Waals surface area contributed by atoms with Crippen molar-refractivity contribution in [3.8, 4) is 0 Å². The van der Waals surface area contributed by atoms with Gasteiger partial charge in [-0.25, -0.2) is 4.98 Å². The molecular weight excluding hydrogens is 318 g/mol. The molecule has 1 nitrogen and oxygen atoms in total. The molecule has 0 aliphatic heterocycles. The Kier molecular flexibility index (Phi) is 3.85. The van der Waals surface area contributed by atoms with Gasteiger partial charge in [0.2, 0.25) is 0 Å². The first-order valence-corrected chi connectivity index (χ1v) is 7.82. The van der Waals surface area contributed by atoms with Gasteiger partial charge in [-0.3, -0.25) is 0 Å². The first-order chi connectivity index (χ1) is 9.31. The third-order valence-corrected chi connectivity index (χ3v) is 4.35. The number of hydrogen-bond acceptors (Lipinski definition) is 2. The Balaban J connectivity index is 1.80. The quantitative estimate of drug-likeness (QED) is 0.605. The van der Waals surface area contributed by atoms with Crippen molar-refractivity contribution in [3.05, 3.63) is 70.7 Å². The largest absolute Gasteiger partial charge is 0.241 e. The number of halogens is 1. The van der Waals surface area contributed by atoms with Crippen LogP contribution in [-0.2, 0) is 5.75 Å². The summed E-state index contributed by atoms with van der Waals surface area (Å²) in [5.74, 6) is 0.954. The smallest absolute Gasteiger partial charge is 0.0970 e. The SMILES string of the molecule is Brc1ccc2nc(SCc3ccccc3)ccc2c1. The molecule has 0 saturated heterocycles. The third-order valence-electron chi connectivity index (χ3n) is 2.86. The number of thioether (sulfide) groups is 1. The second kappa shape index (κ2) is 5.76. The normalized spacial score (nSPS) is 10.8. The highest BCUT2D eigenvalue weighted by Gasteiger charge is 2.00. The summed E-state index contributed by atoms with van der Waals surface area (Å²) in [6.07, 6.45) is 0. The van der Waals surface area contributed by atoms with Gasteiger partial charge in [-0.1, -0.05) is 52.3 Å². The summed E-state index contributed by atoms with van der Waals surface area (Å²) >= 11 is 5.25. The highest BCUT2D eigenvalue weighted by Crippen LogP contribution is 2.25. The maximum atomic E-state index is 4.67. The number of hydrogen-bond donors (Lipinski definition) is 0. The number of benzene rings is 2. The van der Waals surface area contributed by atoms with Gasteiger partial charge in [0.25, 0.3) is 0 Å². The Bertz CT molecular complexity index is 697. The van der Waals surface area contributed by atoms with Crippen LogP contribution in [0.25, 0.3) is 10.9 Å². The molecule has 0 unspecified atom stereocenters. The molecule has 0 aliphatic rings. The van der Waals surface area contributed by atoms with E-state index in [1.807, 2.05) is 18.2 Å². The standard InChI is InChI=1S/C16H12BrNS/c17-14-7-8-15-13(10-14)6-9-16(18-15)19-11-12-4-2-1-3-5-12/h1-10H,11H2. The van der Waals surface area contributed by atoms with E-state index in [1.165, 1.54) is 10.9 Å². The Morgan fingerprint density at radius 3 is 2.63 bits per heavy atom. The molecule has 3 heteroatoms. The van der Waals surface area contributed by atoms with Crippen molar-refractivity contribution in [2.24, 2.45) is 0 Å². The molecule has 1 aromatic heterocycles. The van der Waals surface area contributed by atoms with E-state index in [4.69, 9.17) is 0 Å². The van der Waals surface area contributed by atoms with Crippen LogP contribution in [0.3, 0.4) is 0 Å². The van der Waals surface area contributed by atoms with E-state index in [9.17, 15) is 0 Å². The van der Waals surface area contributed by atoms with Crippen LogP contribution in [0, 0.1) is 0 Å². The molecule has 0 aliphatic carbocycles. The van der Waals surface area contributed by atoms with Gasteiger partial charge in [0.1, 0.15) is 0 Å². The Morgan fingerprint density at radius 1 is 0.947 bits per heavy atom. The predicted molar refractivity (Wildman–Crippen MR) is 85.4 cm³/mol. The molecule has 2 aromatic carbocycles. The third kappa shape index (κ3) is 3.17. The summed E-state index contributed by atoms with van der Waals surface area (Å²) in [4.78, 5) is 4.67. The first kappa shape index (κ1) is 12.7. The van der Waals surface area contributed by atoms with Crippen molar-refractivity contribution >= 4 is 38.6 Å². The van der Waals surface area contributed by atoms with Crippen LogP contribution in [0.4, 0.5) is 0 Å². The zero-order valence-electron chi connectivity index (χ0n) is 10.2. The second-order valence-corrected chi connectivity index (χ2v) is 6.17. The molecule has 0 radical (unpaired) electrons. The Labute approximate surface area is 125 Å². The molecule has 0 atom stereocenters. The number of nitrogens with zero attached hydrogens (tertiary/aromatic N) is 1. The van der Waals surface area contributed by atoms with E-state index in [1.54, 1.807) is 11.8 Å². The fraction of sp³-hybridized carbons (Fsp3) is 0.0625. The molecule has 0 spiro atoms. The van der Waals surface area contributed by atoms with E-state index in [-0.39, 0.29) is 0 Å². The van der Waals surface area contributed by atoms with Gasteiger partial charge < -0.3 is 0 Å². The minimum atomic E-state index is 0.954. The molecule has 3 aromatic rings. The summed E-state index contributed by atoms with van der Waals surface area (Å²) in [5, 5.41) is 2.23. The van der Waals surface area contributed by atoms with Crippen molar-refractivity contribution in [1.82, 2.24) is 4.98 Å². The highest BCUT2D eigenvalue weighted by atomic mass is 79.9. The molecule has 0 fully saturated rings. The average molecular weight is 330 g/mol. The van der Waals surface area contributed by atoms with Crippen LogP contribution < -0.4 is 0 Å². The molecule has 0 amide bonds. The van der Waals surface area contributed by atoms with Crippen molar-refractivity contribution < 1.29 is 0 Å². The van der Waals surface area contributed by atoms with E-state index < -0.39 is 0 Å². The predicted octanol–water partition coefficient (Wildman–Crippen LogP) is 5.29. The van der Waals surface area contributed by atoms with E-state index in [2.05, 4.69) is 63.4 Å². The van der Waals surface area contributed by atoms with Crippen molar-refractivity contribution in [2.45, 2.75) is 10.8 Å². The lowest BCUT2D eigenvalue weighted by Crippen LogP contribution is -1.84. The van der Waals surface area contributed by atoms with Crippen LogP contribution in [-0.4, -0.2) is 4.98 Å². The van der Waals surface area contributed by atoms with Gasteiger partial charge in [-0.05, 0) is 29.8 Å². The monoisotopic (exact) mass is 329 g/mol. The van der Waals surface area contributed by atoms with Gasteiger partial charge in [-0.2, -0.15) is 0 Å². The van der Waals surface area contributed by atoms with Crippen LogP contribution in [0.5, 0.6) is 0 Å². The van der Waals surface area contributed by atoms with Crippen molar-refractivity contribution in [2.75, 3.05) is 0 Å². The van der Waals surface area contributed by atoms with Gasteiger partial charge >= 0.3 is 0 Å². The number of fused-ring (bicyclic) bond motifs is 1. The summed E-state index contributed by atoms with van der Waals surface area (Å²) in [5.41, 5.74) is 2.37. The molecule has 0 bridgehead atoms. The zero-order chi connectivity index (χ0) is 13.1. The summed E-state index contributed by atoms with van der Waals surface area (Å²) < 4.78 is 1.09. The fourth-order valence-electron chi connectivity index (χ4n) is 1.89.